The molecule has 0 heterocycles. The molecule has 7 aromatic carbocycles. The van der Waals surface area contributed by atoms with Gasteiger partial charge in [0.25, 0.3) is 0 Å². The number of rotatable bonds is 4. The molecule has 0 aliphatic carbocycles. The molecule has 0 atom stereocenters. The van der Waals surface area contributed by atoms with Gasteiger partial charge in [0, 0.05) is 0 Å². The Labute approximate surface area is 358 Å². The molecule has 7 aromatic rings. The zero-order chi connectivity index (χ0) is 39.6. The zero-order valence-electron chi connectivity index (χ0n) is 36.7. The number of hydrogen-bond donors (Lipinski definition) is 0. The van der Waals surface area contributed by atoms with E-state index in [0.717, 1.165) is 0 Å². The van der Waals surface area contributed by atoms with Crippen molar-refractivity contribution in [3.8, 4) is 33.4 Å². The van der Waals surface area contributed by atoms with E-state index in [2.05, 4.69) is 217 Å². The van der Waals surface area contributed by atoms with Crippen molar-refractivity contribution in [3.63, 3.8) is 0 Å². The predicted octanol–water partition coefficient (Wildman–Crippen LogP) is 16.0. The van der Waals surface area contributed by atoms with Crippen molar-refractivity contribution in [2.45, 2.75) is 105 Å². The molecule has 0 saturated heterocycles. The van der Waals surface area contributed by atoms with Crippen molar-refractivity contribution in [2.75, 3.05) is 0 Å². The van der Waals surface area contributed by atoms with Gasteiger partial charge in [0.05, 0.1) is 0 Å². The molecule has 7 rings (SSSR count). The summed E-state index contributed by atoms with van der Waals surface area (Å²) in [5.74, 6) is 0.573. The first-order valence-corrected chi connectivity index (χ1v) is 23.6. The second-order valence-corrected chi connectivity index (χ2v) is 18.3. The quantitative estimate of drug-likeness (QED) is 0.122. The van der Waals surface area contributed by atoms with E-state index in [4.69, 9.17) is 0 Å². The summed E-state index contributed by atoms with van der Waals surface area (Å²) in [6.45, 7) is 30.1. The average molecular weight is 832 g/mol. The summed E-state index contributed by atoms with van der Waals surface area (Å²) in [4.78, 5) is 0. The SMILES string of the molecule is CC(C)c1cc2c(-c3ccc(C(C)(C)C)cc3)cccc2[cH-]1.Cc1cc2c(-c3ccc(C(C)(C)C)cc3)cc(-c3ccc(C(C)(C)C)cc3)cc2[cH-]1.[CH3-].[CH3-].[Si]=[Zr]. The normalized spacial score (nSPS) is 11.6. The van der Waals surface area contributed by atoms with Gasteiger partial charge in [0.15, 0.2) is 0 Å². The molecule has 56 heavy (non-hydrogen) atoms. The van der Waals surface area contributed by atoms with Gasteiger partial charge in [-0.3, -0.25) is 0 Å². The van der Waals surface area contributed by atoms with E-state index >= 15 is 0 Å². The van der Waals surface area contributed by atoms with Gasteiger partial charge in [-0.15, -0.1) is 63.0 Å². The van der Waals surface area contributed by atoms with Crippen LogP contribution in [0.2, 0.25) is 0 Å². The van der Waals surface area contributed by atoms with Crippen LogP contribution in [-0.2, 0) is 39.6 Å². The number of fused-ring (bicyclic) bond motifs is 2. The van der Waals surface area contributed by atoms with Crippen LogP contribution in [0.1, 0.15) is 110 Å². The molecule has 292 valence electrons. The van der Waals surface area contributed by atoms with Gasteiger partial charge >= 0.3 is 30.2 Å². The third kappa shape index (κ3) is 10.9. The van der Waals surface area contributed by atoms with E-state index in [1.165, 1.54) is 106 Å². The predicted molar refractivity (Wildman–Crippen MR) is 249 cm³/mol. The summed E-state index contributed by atoms with van der Waals surface area (Å²) in [6, 6.07) is 47.9. The van der Waals surface area contributed by atoms with Gasteiger partial charge in [-0.25, -0.2) is 0 Å². The molecule has 0 unspecified atom stereocenters. The Hall–Kier alpha value is -3.58. The van der Waals surface area contributed by atoms with Crippen LogP contribution in [0.5, 0.6) is 0 Å². The maximum atomic E-state index is 3.06. The number of hydrogen-bond acceptors (Lipinski definition) is 0. The first kappa shape index (κ1) is 46.8. The summed E-state index contributed by atoms with van der Waals surface area (Å²) in [5, 5.41) is 5.38. The summed E-state index contributed by atoms with van der Waals surface area (Å²) >= 11 is 1.36. The van der Waals surface area contributed by atoms with E-state index in [0.29, 0.717) is 5.92 Å². The van der Waals surface area contributed by atoms with Gasteiger partial charge < -0.3 is 14.9 Å². The van der Waals surface area contributed by atoms with Crippen LogP contribution in [0, 0.1) is 21.8 Å². The Morgan fingerprint density at radius 3 is 1.34 bits per heavy atom. The minimum absolute atomic E-state index is 0. The zero-order valence-corrected chi connectivity index (χ0v) is 40.2. The van der Waals surface area contributed by atoms with Crippen LogP contribution >= 0.6 is 0 Å². The topological polar surface area (TPSA) is 0 Å². The van der Waals surface area contributed by atoms with Crippen LogP contribution < -0.4 is 0 Å². The molecule has 0 N–H and O–H groups in total. The maximum absolute atomic E-state index is 3.06. The fourth-order valence-corrected chi connectivity index (χ4v) is 7.18. The second-order valence-electron chi connectivity index (χ2n) is 18.3. The fourth-order valence-electron chi connectivity index (χ4n) is 7.18. The third-order valence-electron chi connectivity index (χ3n) is 10.6. The van der Waals surface area contributed by atoms with Crippen LogP contribution in [0.4, 0.5) is 0 Å². The molecule has 2 radical (unpaired) electrons. The fraction of sp³-hybridized carbons (Fsp3) is 0.296. The van der Waals surface area contributed by atoms with Crippen molar-refractivity contribution in [1.29, 1.82) is 0 Å². The molecule has 0 bridgehead atoms. The summed E-state index contributed by atoms with van der Waals surface area (Å²) in [5.41, 5.74) is 15.2. The average Bonchev–Trinajstić information content (AvgIpc) is 3.75. The molecule has 0 nitrogen and oxygen atoms in total. The summed E-state index contributed by atoms with van der Waals surface area (Å²) in [6.07, 6.45) is 0. The van der Waals surface area contributed by atoms with Gasteiger partial charge in [0.1, 0.15) is 0 Å². The molecule has 0 aliphatic rings. The van der Waals surface area contributed by atoms with Crippen LogP contribution in [0.15, 0.2) is 127 Å². The van der Waals surface area contributed by atoms with Crippen LogP contribution in [0.25, 0.3) is 54.9 Å². The summed E-state index contributed by atoms with van der Waals surface area (Å²) in [7, 11) is 0. The summed E-state index contributed by atoms with van der Waals surface area (Å²) < 4.78 is 0. The van der Waals surface area contributed by atoms with Crippen LogP contribution in [0.3, 0.4) is 0 Å². The Morgan fingerprint density at radius 1 is 0.464 bits per heavy atom. The molecule has 0 amide bonds. The molecule has 0 saturated carbocycles. The van der Waals surface area contributed by atoms with Gasteiger partial charge in [-0.1, -0.05) is 185 Å². The van der Waals surface area contributed by atoms with E-state index < -0.39 is 0 Å². The monoisotopic (exact) mass is 830 g/mol. The molecule has 0 aromatic heterocycles. The second kappa shape index (κ2) is 18.8. The molecule has 0 fully saturated rings. The molecular formula is C54H64SiZr-4. The van der Waals surface area contributed by atoms with Crippen molar-refractivity contribution in [1.82, 2.24) is 0 Å². The first-order chi connectivity index (χ1) is 25.4. The van der Waals surface area contributed by atoms with E-state index in [1.807, 2.05) is 0 Å². The number of benzene rings is 5. The first-order valence-electron chi connectivity index (χ1n) is 19.4. The van der Waals surface area contributed by atoms with Gasteiger partial charge in [-0.05, 0) is 55.5 Å². The van der Waals surface area contributed by atoms with E-state index in [1.54, 1.807) is 0 Å². The molecular weight excluding hydrogens is 768 g/mol. The van der Waals surface area contributed by atoms with E-state index in [-0.39, 0.29) is 31.1 Å². The van der Waals surface area contributed by atoms with Crippen molar-refractivity contribution < 1.29 is 23.3 Å². The Bertz CT molecular complexity index is 2310. The van der Waals surface area contributed by atoms with Gasteiger partial charge in [-0.2, -0.15) is 12.1 Å². The number of aryl methyl sites for hydroxylation is 1. The van der Waals surface area contributed by atoms with Gasteiger partial charge in [0.2, 0.25) is 0 Å². The van der Waals surface area contributed by atoms with Crippen molar-refractivity contribution >= 4 is 28.4 Å². The molecule has 2 heteroatoms. The molecule has 0 spiro atoms. The van der Waals surface area contributed by atoms with Crippen molar-refractivity contribution in [3.05, 3.63) is 170 Å². The minimum atomic E-state index is 0. The van der Waals surface area contributed by atoms with Crippen LogP contribution in [-0.4, -0.2) is 6.88 Å². The van der Waals surface area contributed by atoms with E-state index in [9.17, 15) is 0 Å². The third-order valence-corrected chi connectivity index (χ3v) is 10.6. The Kier molecular flexibility index (Phi) is 15.7. The Balaban J connectivity index is 0.000000289. The molecule has 0 aliphatic heterocycles. The van der Waals surface area contributed by atoms with Crippen molar-refractivity contribution in [2.24, 2.45) is 0 Å². The standard InChI is InChI=1S/C30H33.C22H25.2CH3.Si.Zr/c1-20-16-24-18-23(21-8-12-25(13-9-21)29(2,3)4)19-28(27(24)17-20)22-10-14-26(15-11-22)30(5,6)7;1-15(2)18-13-17-7-6-8-20(21(17)14-18)16-9-11-19(12-10-16)22(3,4)5;;;;/h8-19H,1-7H3;6-15H,1-5H3;2*1H3;;/q4*-1;;. The Morgan fingerprint density at radius 2 is 0.893 bits per heavy atom.